The molecule has 24 heavy (non-hydrogen) atoms. The number of aromatic amines is 1. The highest BCUT2D eigenvalue weighted by atomic mass is 35.5. The van der Waals surface area contributed by atoms with Crippen LogP contribution in [0.1, 0.15) is 21.6 Å². The lowest BCUT2D eigenvalue weighted by atomic mass is 10.1. The molecule has 4 rings (SSSR count). The molecule has 5 N–H and O–H groups in total. The highest BCUT2D eigenvalue weighted by Crippen LogP contribution is 2.38. The van der Waals surface area contributed by atoms with Crippen molar-refractivity contribution in [2.45, 2.75) is 18.9 Å². The van der Waals surface area contributed by atoms with Gasteiger partial charge in [-0.3, -0.25) is 4.79 Å². The number of hydrogen-bond acceptors (Lipinski definition) is 4. The smallest absolute Gasteiger partial charge is 0.166 e. The van der Waals surface area contributed by atoms with Gasteiger partial charge in [-0.1, -0.05) is 47.5 Å². The monoisotopic (exact) mass is 383 g/mol. The summed E-state index contributed by atoms with van der Waals surface area (Å²) in [5.74, 6) is 0. The first-order valence-electron chi connectivity index (χ1n) is 7.40. The summed E-state index contributed by atoms with van der Waals surface area (Å²) in [6.45, 7) is 0. The Morgan fingerprint density at radius 2 is 1.79 bits per heavy atom. The molecule has 0 bridgehead atoms. The van der Waals surface area contributed by atoms with E-state index in [4.69, 9.17) is 28.9 Å². The van der Waals surface area contributed by atoms with Gasteiger partial charge in [-0.15, -0.1) is 11.3 Å². The van der Waals surface area contributed by atoms with E-state index in [-0.39, 0.29) is 0 Å². The van der Waals surface area contributed by atoms with E-state index in [0.717, 1.165) is 29.3 Å². The van der Waals surface area contributed by atoms with E-state index in [0.29, 0.717) is 21.1 Å². The number of halogens is 2. The number of nitrogens with one attached hydrogen (secondary N) is 1. The minimum Gasteiger partial charge on any atom is -0.350 e. The van der Waals surface area contributed by atoms with Crippen LogP contribution in [-0.2, 0) is 12.8 Å². The predicted molar refractivity (Wildman–Crippen MR) is 104 cm³/mol. The lowest BCUT2D eigenvalue weighted by Crippen LogP contribution is -2.18. The van der Waals surface area contributed by atoms with Gasteiger partial charge in [0.05, 0.1) is 20.9 Å². The largest absolute Gasteiger partial charge is 0.350 e. The fraction of sp³-hybridized carbons (Fsp3) is 0.235. The van der Waals surface area contributed by atoms with Crippen LogP contribution in [0.5, 0.6) is 0 Å². The number of carbonyl (C=O) groups excluding carboxylic acids is 1. The Labute approximate surface area is 154 Å². The summed E-state index contributed by atoms with van der Waals surface area (Å²) in [5, 5.41) is 0.491. The van der Waals surface area contributed by atoms with Crippen LogP contribution >= 0.6 is 34.5 Å². The highest BCUT2D eigenvalue weighted by molar-refractivity contribution is 7.23. The molecule has 0 saturated carbocycles. The number of carbonyl (C=O) groups is 1. The summed E-state index contributed by atoms with van der Waals surface area (Å²) < 4.78 is 1.46. The molecule has 0 spiro atoms. The maximum atomic E-state index is 10.4. The van der Waals surface area contributed by atoms with Gasteiger partial charge in [0.25, 0.3) is 0 Å². The number of rotatable bonds is 1. The zero-order valence-electron chi connectivity index (χ0n) is 13.2. The number of hydrogen-bond donors (Lipinski definition) is 3. The summed E-state index contributed by atoms with van der Waals surface area (Å²) in [6.07, 6.45) is 2.88. The number of benzene rings is 1. The number of aldehydes is 1. The van der Waals surface area contributed by atoms with Gasteiger partial charge < -0.3 is 16.5 Å². The minimum absolute atomic E-state index is 0.373. The first-order valence-corrected chi connectivity index (χ1v) is 8.97. The quantitative estimate of drug-likeness (QED) is 0.554. The third-order valence-electron chi connectivity index (χ3n) is 3.60. The van der Waals surface area contributed by atoms with E-state index in [1.54, 1.807) is 6.07 Å². The molecule has 0 fully saturated rings. The molecule has 4 nitrogen and oxygen atoms in total. The molecule has 3 aromatic rings. The molecule has 1 aromatic carbocycles. The Kier molecular flexibility index (Phi) is 6.83. The molecule has 0 aliphatic heterocycles. The van der Waals surface area contributed by atoms with Crippen LogP contribution in [0.4, 0.5) is 0 Å². The molecule has 2 aromatic heterocycles. The molecule has 0 unspecified atom stereocenters. The molecular weight excluding hydrogens is 365 g/mol. The Balaban J connectivity index is 0.000000160. The molecule has 0 radical (unpaired) electrons. The van der Waals surface area contributed by atoms with E-state index in [1.807, 2.05) is 0 Å². The first kappa shape index (κ1) is 19.0. The Morgan fingerprint density at radius 3 is 2.29 bits per heavy atom. The van der Waals surface area contributed by atoms with E-state index < -0.39 is 0 Å². The molecule has 128 valence electrons. The van der Waals surface area contributed by atoms with Crippen molar-refractivity contribution in [3.8, 4) is 0 Å². The molecule has 7 heteroatoms. The number of thiophene rings is 1. The fourth-order valence-electron chi connectivity index (χ4n) is 2.59. The summed E-state index contributed by atoms with van der Waals surface area (Å²) in [5.41, 5.74) is 14.4. The van der Waals surface area contributed by atoms with Crippen molar-refractivity contribution >= 4 is 51.0 Å². The van der Waals surface area contributed by atoms with Crippen molar-refractivity contribution in [2.75, 3.05) is 7.05 Å². The maximum Gasteiger partial charge on any atom is 0.166 e. The van der Waals surface area contributed by atoms with E-state index in [9.17, 15) is 4.79 Å². The van der Waals surface area contributed by atoms with Gasteiger partial charge >= 0.3 is 0 Å². The summed E-state index contributed by atoms with van der Waals surface area (Å²) in [6, 6.07) is 10.6. The minimum atomic E-state index is 0.373. The van der Waals surface area contributed by atoms with E-state index in [1.165, 1.54) is 29.5 Å². The summed E-state index contributed by atoms with van der Waals surface area (Å²) >= 11 is 13.0. The number of aromatic nitrogens is 1. The average Bonchev–Trinajstić information content (AvgIpc) is 3.24. The van der Waals surface area contributed by atoms with Crippen molar-refractivity contribution in [2.24, 2.45) is 11.5 Å². The van der Waals surface area contributed by atoms with Gasteiger partial charge in [0.1, 0.15) is 4.34 Å². The summed E-state index contributed by atoms with van der Waals surface area (Å²) in [4.78, 5) is 13.2. The first-order chi connectivity index (χ1) is 11.6. The Bertz CT molecular complexity index is 803. The van der Waals surface area contributed by atoms with Gasteiger partial charge in [0.15, 0.2) is 6.29 Å². The van der Waals surface area contributed by atoms with Gasteiger partial charge in [-0.25, -0.2) is 0 Å². The third kappa shape index (κ3) is 4.18. The normalized spacial score (nSPS) is 12.9. The molecule has 1 aliphatic carbocycles. The van der Waals surface area contributed by atoms with Crippen molar-refractivity contribution in [3.05, 3.63) is 56.5 Å². The van der Waals surface area contributed by atoms with Crippen molar-refractivity contribution in [1.29, 1.82) is 0 Å². The van der Waals surface area contributed by atoms with Crippen molar-refractivity contribution < 1.29 is 4.79 Å². The predicted octanol–water partition coefficient (Wildman–Crippen LogP) is 4.04. The maximum absolute atomic E-state index is 10.4. The Hall–Kier alpha value is -1.37. The second kappa shape index (κ2) is 8.65. The number of H-pyrrole nitrogens is 1. The SMILES string of the molecule is CN.NC1Cc2ccccc2C1.O=Cc1cc2sc(Cl)c(Cl)c2[nH]1. The zero-order chi connectivity index (χ0) is 17.7. The van der Waals surface area contributed by atoms with Gasteiger partial charge in [-0.2, -0.15) is 0 Å². The standard InChI is InChI=1S/C9H11N.C7H3Cl2NOS.CH5N/c10-9-5-7-3-1-2-4-8(7)6-9;8-5-6-4(12-7(5)9)1-3(2-11)10-6;1-2/h1-4,9H,5-6,10H2;1-2,10H;2H2,1H3. The number of nitrogens with two attached hydrogens (primary N) is 2. The highest BCUT2D eigenvalue weighted by Gasteiger charge is 2.16. The van der Waals surface area contributed by atoms with E-state index >= 15 is 0 Å². The van der Waals surface area contributed by atoms with Crippen LogP contribution in [0.15, 0.2) is 30.3 Å². The van der Waals surface area contributed by atoms with E-state index in [2.05, 4.69) is 35.0 Å². The zero-order valence-corrected chi connectivity index (χ0v) is 15.5. The van der Waals surface area contributed by atoms with Gasteiger partial charge in [0, 0.05) is 6.04 Å². The molecule has 0 atom stereocenters. The molecular formula is C17H19Cl2N3OS. The van der Waals surface area contributed by atoms with Crippen LogP contribution in [-0.4, -0.2) is 24.4 Å². The summed E-state index contributed by atoms with van der Waals surface area (Å²) in [7, 11) is 1.50. The van der Waals surface area contributed by atoms with Crippen molar-refractivity contribution in [3.63, 3.8) is 0 Å². The molecule has 0 amide bonds. The second-order valence-electron chi connectivity index (χ2n) is 5.21. The van der Waals surface area contributed by atoms with Crippen LogP contribution in [0, 0.1) is 0 Å². The van der Waals surface area contributed by atoms with Crippen LogP contribution in [0.3, 0.4) is 0 Å². The van der Waals surface area contributed by atoms with Crippen molar-refractivity contribution in [1.82, 2.24) is 4.98 Å². The third-order valence-corrected chi connectivity index (χ3v) is 5.54. The lowest BCUT2D eigenvalue weighted by Gasteiger charge is -1.94. The number of fused-ring (bicyclic) bond motifs is 2. The Morgan fingerprint density at radius 1 is 1.21 bits per heavy atom. The molecule has 2 heterocycles. The fourth-order valence-corrected chi connectivity index (χ4v) is 4.09. The van der Waals surface area contributed by atoms with Crippen LogP contribution < -0.4 is 11.5 Å². The van der Waals surface area contributed by atoms with Gasteiger partial charge in [-0.05, 0) is 37.1 Å². The lowest BCUT2D eigenvalue weighted by molar-refractivity contribution is 0.112. The average molecular weight is 384 g/mol. The van der Waals surface area contributed by atoms with Crippen LogP contribution in [0.2, 0.25) is 9.36 Å². The van der Waals surface area contributed by atoms with Gasteiger partial charge in [0.2, 0.25) is 0 Å². The second-order valence-corrected chi connectivity index (χ2v) is 7.24. The molecule has 1 aliphatic rings. The topological polar surface area (TPSA) is 84.9 Å². The van der Waals surface area contributed by atoms with Crippen LogP contribution in [0.25, 0.3) is 10.2 Å². The molecule has 0 saturated heterocycles.